The Hall–Kier alpha value is -0.850. The molecular formula is C20H31Cl2N3O2. The lowest BCUT2D eigenvalue weighted by molar-refractivity contribution is -0.124. The zero-order valence-electron chi connectivity index (χ0n) is 15.7. The summed E-state index contributed by atoms with van der Waals surface area (Å²) < 4.78 is 5.46. The Morgan fingerprint density at radius 1 is 1.19 bits per heavy atom. The molecule has 0 aromatic heterocycles. The van der Waals surface area contributed by atoms with Crippen LogP contribution in [0.3, 0.4) is 0 Å². The lowest BCUT2D eigenvalue weighted by Crippen LogP contribution is -2.44. The molecule has 1 aliphatic carbocycles. The van der Waals surface area contributed by atoms with Crippen LogP contribution in [0.15, 0.2) is 30.3 Å². The van der Waals surface area contributed by atoms with Gasteiger partial charge >= 0.3 is 0 Å². The van der Waals surface area contributed by atoms with E-state index in [1.54, 1.807) is 0 Å². The van der Waals surface area contributed by atoms with Gasteiger partial charge in [-0.3, -0.25) is 9.69 Å². The average Bonchev–Trinajstić information content (AvgIpc) is 3.36. The molecule has 4 rings (SSSR count). The van der Waals surface area contributed by atoms with E-state index in [2.05, 4.69) is 39.8 Å². The lowest BCUT2D eigenvalue weighted by Gasteiger charge is -2.31. The van der Waals surface area contributed by atoms with Crippen molar-refractivity contribution in [3.63, 3.8) is 0 Å². The third kappa shape index (κ3) is 5.36. The molecule has 3 aliphatic rings. The first-order valence-electron chi connectivity index (χ1n) is 9.63. The molecule has 1 spiro atoms. The fourth-order valence-corrected chi connectivity index (χ4v) is 4.43. The summed E-state index contributed by atoms with van der Waals surface area (Å²) in [7, 11) is 0. The van der Waals surface area contributed by atoms with Crippen molar-refractivity contribution < 1.29 is 9.53 Å². The molecule has 2 atom stereocenters. The number of hydrogen-bond donors (Lipinski definition) is 2. The van der Waals surface area contributed by atoms with E-state index in [-0.39, 0.29) is 48.1 Å². The van der Waals surface area contributed by atoms with Crippen LogP contribution in [0, 0.1) is 11.3 Å². The van der Waals surface area contributed by atoms with E-state index < -0.39 is 0 Å². The molecule has 152 valence electrons. The molecule has 3 fully saturated rings. The van der Waals surface area contributed by atoms with Crippen molar-refractivity contribution in [3.8, 4) is 0 Å². The summed E-state index contributed by atoms with van der Waals surface area (Å²) in [4.78, 5) is 15.3. The number of halogens is 2. The first-order valence-corrected chi connectivity index (χ1v) is 9.63. The fourth-order valence-electron chi connectivity index (χ4n) is 4.43. The van der Waals surface area contributed by atoms with Crippen LogP contribution in [-0.2, 0) is 9.53 Å². The van der Waals surface area contributed by atoms with E-state index in [1.165, 1.54) is 5.56 Å². The molecule has 5 nitrogen and oxygen atoms in total. The topological polar surface area (TPSA) is 53.6 Å². The van der Waals surface area contributed by atoms with Gasteiger partial charge in [0, 0.05) is 25.6 Å². The average molecular weight is 416 g/mol. The van der Waals surface area contributed by atoms with Gasteiger partial charge in [0.1, 0.15) is 0 Å². The number of ether oxygens (including phenoxy) is 1. The first kappa shape index (κ1) is 22.4. The molecule has 1 amide bonds. The molecule has 1 aromatic rings. The number of carbonyl (C=O) groups excluding carboxylic acids is 1. The van der Waals surface area contributed by atoms with Crippen LogP contribution in [0.5, 0.6) is 0 Å². The van der Waals surface area contributed by atoms with Crippen LogP contribution in [-0.4, -0.2) is 56.7 Å². The number of hydrogen-bond acceptors (Lipinski definition) is 4. The maximum atomic E-state index is 12.9. The van der Waals surface area contributed by atoms with Gasteiger partial charge in [-0.15, -0.1) is 24.8 Å². The quantitative estimate of drug-likeness (QED) is 0.774. The Labute approximate surface area is 174 Å². The monoisotopic (exact) mass is 415 g/mol. The Morgan fingerprint density at radius 2 is 1.85 bits per heavy atom. The zero-order valence-corrected chi connectivity index (χ0v) is 17.3. The molecule has 2 unspecified atom stereocenters. The van der Waals surface area contributed by atoms with Gasteiger partial charge < -0.3 is 15.4 Å². The molecular weight excluding hydrogens is 385 g/mol. The van der Waals surface area contributed by atoms with E-state index in [0.717, 1.165) is 65.2 Å². The molecule has 27 heavy (non-hydrogen) atoms. The number of benzene rings is 1. The third-order valence-corrected chi connectivity index (χ3v) is 6.17. The Balaban J connectivity index is 0.00000131. The lowest BCUT2D eigenvalue weighted by atomic mass is 9.91. The highest BCUT2D eigenvalue weighted by molar-refractivity contribution is 5.85. The van der Waals surface area contributed by atoms with Gasteiger partial charge in [0.25, 0.3) is 0 Å². The molecule has 1 saturated carbocycles. The van der Waals surface area contributed by atoms with Crippen LogP contribution in [0.4, 0.5) is 0 Å². The van der Waals surface area contributed by atoms with E-state index in [1.807, 2.05) is 6.07 Å². The normalized spacial score (nSPS) is 25.0. The Bertz CT molecular complexity index is 590. The van der Waals surface area contributed by atoms with Crippen molar-refractivity contribution in [1.82, 2.24) is 15.5 Å². The summed E-state index contributed by atoms with van der Waals surface area (Å²) in [5, 5.41) is 6.78. The van der Waals surface area contributed by atoms with Gasteiger partial charge in [0.2, 0.25) is 5.91 Å². The van der Waals surface area contributed by atoms with Crippen molar-refractivity contribution in [3.05, 3.63) is 35.9 Å². The van der Waals surface area contributed by atoms with Crippen LogP contribution in [0.1, 0.15) is 30.9 Å². The number of piperidine rings is 1. The highest BCUT2D eigenvalue weighted by Gasteiger charge is 2.57. The minimum Gasteiger partial charge on any atom is -0.379 e. The van der Waals surface area contributed by atoms with Crippen molar-refractivity contribution >= 4 is 30.7 Å². The standard InChI is InChI=1S/C20H29N3O2.2ClH/c24-19(17-14-20(17)6-8-21-9-7-20)22-18(16-4-2-1-3-5-16)15-23-10-12-25-13-11-23;;/h1-5,17-18,21H,6-15H2,(H,22,24);2*1H. The van der Waals surface area contributed by atoms with Crippen molar-refractivity contribution in [2.24, 2.45) is 11.3 Å². The predicted molar refractivity (Wildman–Crippen MR) is 112 cm³/mol. The maximum Gasteiger partial charge on any atom is 0.224 e. The van der Waals surface area contributed by atoms with Crippen LogP contribution in [0.2, 0.25) is 0 Å². The fraction of sp³-hybridized carbons (Fsp3) is 0.650. The van der Waals surface area contributed by atoms with Crippen LogP contribution >= 0.6 is 24.8 Å². The smallest absolute Gasteiger partial charge is 0.224 e. The first-order chi connectivity index (χ1) is 12.3. The Kier molecular flexibility index (Phi) is 8.38. The highest BCUT2D eigenvalue weighted by atomic mass is 35.5. The second-order valence-corrected chi connectivity index (χ2v) is 7.75. The number of rotatable bonds is 5. The van der Waals surface area contributed by atoms with E-state index in [0.29, 0.717) is 0 Å². The summed E-state index contributed by atoms with van der Waals surface area (Å²) in [5.41, 5.74) is 1.48. The predicted octanol–water partition coefficient (Wildman–Crippen LogP) is 2.41. The largest absolute Gasteiger partial charge is 0.379 e. The molecule has 2 heterocycles. The molecule has 7 heteroatoms. The van der Waals surface area contributed by atoms with Crippen LogP contribution < -0.4 is 10.6 Å². The van der Waals surface area contributed by atoms with Gasteiger partial charge in [-0.25, -0.2) is 0 Å². The summed E-state index contributed by atoms with van der Waals surface area (Å²) in [5.74, 6) is 0.467. The number of amides is 1. The molecule has 2 N–H and O–H groups in total. The zero-order chi connectivity index (χ0) is 17.1. The molecule has 1 aromatic carbocycles. The van der Waals surface area contributed by atoms with Gasteiger partial charge in [-0.05, 0) is 43.3 Å². The van der Waals surface area contributed by atoms with Gasteiger partial charge in [0.05, 0.1) is 19.3 Å². The molecule has 0 bridgehead atoms. The minimum atomic E-state index is 0. The SMILES string of the molecule is Cl.Cl.O=C(NC(CN1CCOCC1)c1ccccc1)C1CC12CCNCC2. The van der Waals surface area contributed by atoms with E-state index in [9.17, 15) is 4.79 Å². The molecule has 0 radical (unpaired) electrons. The van der Waals surface area contributed by atoms with Gasteiger partial charge in [-0.1, -0.05) is 30.3 Å². The minimum absolute atomic E-state index is 0. The van der Waals surface area contributed by atoms with E-state index >= 15 is 0 Å². The van der Waals surface area contributed by atoms with Crippen molar-refractivity contribution in [2.45, 2.75) is 25.3 Å². The number of carbonyl (C=O) groups is 1. The van der Waals surface area contributed by atoms with Gasteiger partial charge in [0.15, 0.2) is 0 Å². The summed E-state index contributed by atoms with van der Waals surface area (Å²) in [6.45, 7) is 6.43. The summed E-state index contributed by atoms with van der Waals surface area (Å²) in [6, 6.07) is 10.4. The molecule has 2 aliphatic heterocycles. The number of nitrogens with zero attached hydrogens (tertiary/aromatic N) is 1. The second-order valence-electron chi connectivity index (χ2n) is 7.75. The third-order valence-electron chi connectivity index (χ3n) is 6.17. The van der Waals surface area contributed by atoms with Gasteiger partial charge in [-0.2, -0.15) is 0 Å². The Morgan fingerprint density at radius 3 is 2.52 bits per heavy atom. The van der Waals surface area contributed by atoms with Crippen molar-refractivity contribution in [2.75, 3.05) is 45.9 Å². The molecule has 2 saturated heterocycles. The van der Waals surface area contributed by atoms with Crippen LogP contribution in [0.25, 0.3) is 0 Å². The summed E-state index contributed by atoms with van der Waals surface area (Å²) >= 11 is 0. The highest BCUT2D eigenvalue weighted by Crippen LogP contribution is 2.58. The number of morpholine rings is 1. The second kappa shape index (κ2) is 10.1. The summed E-state index contributed by atoms with van der Waals surface area (Å²) in [6.07, 6.45) is 3.36. The van der Waals surface area contributed by atoms with E-state index in [4.69, 9.17) is 4.74 Å². The van der Waals surface area contributed by atoms with Crippen molar-refractivity contribution in [1.29, 1.82) is 0 Å². The number of nitrogens with one attached hydrogen (secondary N) is 2. The maximum absolute atomic E-state index is 12.9.